The van der Waals surface area contributed by atoms with Gasteiger partial charge in [0.05, 0.1) is 6.61 Å². The molecule has 0 radical (unpaired) electrons. The van der Waals surface area contributed by atoms with Gasteiger partial charge in [-0.2, -0.15) is 0 Å². The van der Waals surface area contributed by atoms with Crippen molar-refractivity contribution in [1.82, 2.24) is 10.2 Å². The lowest BCUT2D eigenvalue weighted by atomic mass is 9.99. The minimum Gasteiger partial charge on any atom is -0.494 e. The summed E-state index contributed by atoms with van der Waals surface area (Å²) in [5.74, 6) is 1.55. The molecule has 4 nitrogen and oxygen atoms in total. The monoisotopic (exact) mass is 366 g/mol. The summed E-state index contributed by atoms with van der Waals surface area (Å²) in [7, 11) is 0. The van der Waals surface area contributed by atoms with Gasteiger partial charge in [-0.1, -0.05) is 37.3 Å². The van der Waals surface area contributed by atoms with Gasteiger partial charge in [0.1, 0.15) is 5.75 Å². The van der Waals surface area contributed by atoms with Crippen molar-refractivity contribution >= 4 is 5.91 Å². The van der Waals surface area contributed by atoms with Gasteiger partial charge in [-0.15, -0.1) is 0 Å². The maximum absolute atomic E-state index is 12.5. The number of carbonyl (C=O) groups is 1. The normalized spacial score (nSPS) is 17.5. The standard InChI is InChI=1S/C23H30N2O2/c1-3-27-22-9-5-4-8-21(22)15-24-23(26)20-12-10-19(11-13-20)17-25-14-6-7-18(2)16-25/h4-5,8-13,18H,3,6-7,14-17H2,1-2H3,(H,24,26)/t18-/m0/s1. The molecule has 1 aliphatic heterocycles. The first-order valence-corrected chi connectivity index (χ1v) is 9.96. The molecule has 4 heteroatoms. The Morgan fingerprint density at radius 2 is 1.96 bits per heavy atom. The van der Waals surface area contributed by atoms with Crippen molar-refractivity contribution in [3.63, 3.8) is 0 Å². The van der Waals surface area contributed by atoms with Gasteiger partial charge in [0.15, 0.2) is 0 Å². The Morgan fingerprint density at radius 3 is 2.70 bits per heavy atom. The molecule has 0 spiro atoms. The molecule has 144 valence electrons. The van der Waals surface area contributed by atoms with Crippen LogP contribution in [0.2, 0.25) is 0 Å². The Hall–Kier alpha value is -2.33. The molecule has 1 fully saturated rings. The molecular weight excluding hydrogens is 336 g/mol. The van der Waals surface area contributed by atoms with E-state index in [9.17, 15) is 4.79 Å². The zero-order chi connectivity index (χ0) is 19.1. The Balaban J connectivity index is 1.54. The number of para-hydroxylation sites is 1. The molecule has 0 aromatic heterocycles. The first kappa shape index (κ1) is 19.4. The number of benzene rings is 2. The van der Waals surface area contributed by atoms with Gasteiger partial charge in [-0.25, -0.2) is 0 Å². The zero-order valence-corrected chi connectivity index (χ0v) is 16.4. The number of ether oxygens (including phenoxy) is 1. The summed E-state index contributed by atoms with van der Waals surface area (Å²) in [6.45, 7) is 8.66. The minimum atomic E-state index is -0.0561. The third-order valence-electron chi connectivity index (χ3n) is 5.08. The average molecular weight is 367 g/mol. The lowest BCUT2D eigenvalue weighted by Crippen LogP contribution is -2.33. The molecule has 27 heavy (non-hydrogen) atoms. The van der Waals surface area contributed by atoms with E-state index < -0.39 is 0 Å². The Kier molecular flexibility index (Phi) is 6.88. The van der Waals surface area contributed by atoms with Crippen LogP contribution in [-0.4, -0.2) is 30.5 Å². The topological polar surface area (TPSA) is 41.6 Å². The summed E-state index contributed by atoms with van der Waals surface area (Å²) in [5, 5.41) is 2.99. The van der Waals surface area contributed by atoms with E-state index in [-0.39, 0.29) is 5.91 Å². The fraction of sp³-hybridized carbons (Fsp3) is 0.435. The maximum Gasteiger partial charge on any atom is 0.251 e. The van der Waals surface area contributed by atoms with Crippen LogP contribution in [0.25, 0.3) is 0 Å². The van der Waals surface area contributed by atoms with Gasteiger partial charge in [-0.05, 0) is 56.0 Å². The lowest BCUT2D eigenvalue weighted by Gasteiger charge is -2.30. The minimum absolute atomic E-state index is 0.0561. The number of carbonyl (C=O) groups excluding carboxylic acids is 1. The first-order valence-electron chi connectivity index (χ1n) is 9.96. The van der Waals surface area contributed by atoms with Gasteiger partial charge >= 0.3 is 0 Å². The first-order chi connectivity index (χ1) is 13.2. The Morgan fingerprint density at radius 1 is 1.19 bits per heavy atom. The second-order valence-corrected chi connectivity index (χ2v) is 7.40. The summed E-state index contributed by atoms with van der Waals surface area (Å²) in [5.41, 5.74) is 2.95. The van der Waals surface area contributed by atoms with E-state index in [1.165, 1.54) is 31.5 Å². The van der Waals surface area contributed by atoms with Crippen molar-refractivity contribution in [2.75, 3.05) is 19.7 Å². The highest BCUT2D eigenvalue weighted by atomic mass is 16.5. The summed E-state index contributed by atoms with van der Waals surface area (Å²) < 4.78 is 5.61. The van der Waals surface area contributed by atoms with Crippen LogP contribution in [0, 0.1) is 5.92 Å². The third-order valence-corrected chi connectivity index (χ3v) is 5.08. The SMILES string of the molecule is CCOc1ccccc1CNC(=O)c1ccc(CN2CCC[C@H](C)C2)cc1. The van der Waals surface area contributed by atoms with E-state index >= 15 is 0 Å². The van der Waals surface area contributed by atoms with E-state index in [4.69, 9.17) is 4.74 Å². The Bertz CT molecular complexity index is 742. The van der Waals surface area contributed by atoms with Crippen molar-refractivity contribution in [3.05, 3.63) is 65.2 Å². The number of piperidine rings is 1. The Labute approximate surface area is 162 Å². The van der Waals surface area contributed by atoms with Gasteiger partial charge in [0, 0.05) is 30.8 Å². The number of nitrogens with one attached hydrogen (secondary N) is 1. The number of likely N-dealkylation sites (tertiary alicyclic amines) is 1. The predicted molar refractivity (Wildman–Crippen MR) is 109 cm³/mol. The van der Waals surface area contributed by atoms with Crippen molar-refractivity contribution in [2.24, 2.45) is 5.92 Å². The molecule has 1 N–H and O–H groups in total. The molecule has 0 bridgehead atoms. The van der Waals surface area contributed by atoms with Crippen LogP contribution in [0.3, 0.4) is 0 Å². The molecule has 3 rings (SSSR count). The largest absolute Gasteiger partial charge is 0.494 e. The quantitative estimate of drug-likeness (QED) is 0.797. The maximum atomic E-state index is 12.5. The second kappa shape index (κ2) is 9.56. The van der Waals surface area contributed by atoms with Crippen LogP contribution in [-0.2, 0) is 13.1 Å². The highest BCUT2D eigenvalue weighted by Crippen LogP contribution is 2.19. The number of hydrogen-bond acceptors (Lipinski definition) is 3. The van der Waals surface area contributed by atoms with Crippen LogP contribution < -0.4 is 10.1 Å². The van der Waals surface area contributed by atoms with Crippen molar-refractivity contribution < 1.29 is 9.53 Å². The van der Waals surface area contributed by atoms with E-state index in [1.54, 1.807) is 0 Å². The van der Waals surface area contributed by atoms with Crippen LogP contribution in [0.5, 0.6) is 5.75 Å². The molecule has 1 saturated heterocycles. The summed E-state index contributed by atoms with van der Waals surface area (Å²) in [6.07, 6.45) is 2.62. The van der Waals surface area contributed by atoms with Crippen LogP contribution in [0.15, 0.2) is 48.5 Å². The number of rotatable bonds is 7. The van der Waals surface area contributed by atoms with Gasteiger partial charge < -0.3 is 10.1 Å². The van der Waals surface area contributed by atoms with E-state index in [0.29, 0.717) is 18.7 Å². The smallest absolute Gasteiger partial charge is 0.251 e. The summed E-state index contributed by atoms with van der Waals surface area (Å²) in [4.78, 5) is 15.0. The number of amides is 1. The van der Waals surface area contributed by atoms with Crippen molar-refractivity contribution in [2.45, 2.75) is 39.8 Å². The van der Waals surface area contributed by atoms with Crippen molar-refractivity contribution in [1.29, 1.82) is 0 Å². The average Bonchev–Trinajstić information content (AvgIpc) is 2.68. The highest BCUT2D eigenvalue weighted by Gasteiger charge is 2.16. The fourth-order valence-electron chi connectivity index (χ4n) is 3.67. The van der Waals surface area contributed by atoms with Gasteiger partial charge in [-0.3, -0.25) is 9.69 Å². The summed E-state index contributed by atoms with van der Waals surface area (Å²) in [6, 6.07) is 15.8. The number of nitrogens with zero attached hydrogens (tertiary/aromatic N) is 1. The van der Waals surface area contributed by atoms with Crippen LogP contribution >= 0.6 is 0 Å². The van der Waals surface area contributed by atoms with E-state index in [0.717, 1.165) is 23.8 Å². The van der Waals surface area contributed by atoms with Gasteiger partial charge in [0.2, 0.25) is 0 Å². The molecule has 1 amide bonds. The van der Waals surface area contributed by atoms with Crippen molar-refractivity contribution in [3.8, 4) is 5.75 Å². The molecule has 1 aliphatic rings. The molecule has 1 atom stereocenters. The molecule has 0 aliphatic carbocycles. The molecule has 0 saturated carbocycles. The highest BCUT2D eigenvalue weighted by molar-refractivity contribution is 5.94. The number of hydrogen-bond donors (Lipinski definition) is 1. The summed E-state index contributed by atoms with van der Waals surface area (Å²) >= 11 is 0. The molecule has 0 unspecified atom stereocenters. The third kappa shape index (κ3) is 5.57. The molecule has 2 aromatic carbocycles. The zero-order valence-electron chi connectivity index (χ0n) is 16.4. The van der Waals surface area contributed by atoms with Gasteiger partial charge in [0.25, 0.3) is 5.91 Å². The van der Waals surface area contributed by atoms with Crippen LogP contribution in [0.1, 0.15) is 48.2 Å². The lowest BCUT2D eigenvalue weighted by molar-refractivity contribution is 0.0950. The molecule has 2 aromatic rings. The second-order valence-electron chi connectivity index (χ2n) is 7.40. The predicted octanol–water partition coefficient (Wildman–Crippen LogP) is 4.25. The molecule has 1 heterocycles. The fourth-order valence-corrected chi connectivity index (χ4v) is 3.67. The molecular formula is C23H30N2O2. The van der Waals surface area contributed by atoms with Crippen LogP contribution in [0.4, 0.5) is 0 Å². The van der Waals surface area contributed by atoms with E-state index in [1.807, 2.05) is 43.3 Å². The van der Waals surface area contributed by atoms with E-state index in [2.05, 4.69) is 29.3 Å².